The smallest absolute Gasteiger partial charge is 0.267 e. The van der Waals surface area contributed by atoms with Crippen LogP contribution in [0.4, 0.5) is 0 Å². The first kappa shape index (κ1) is 19.6. The molecule has 4 rings (SSSR count). The van der Waals surface area contributed by atoms with Crippen LogP contribution < -0.4 is 5.32 Å². The Morgan fingerprint density at radius 2 is 1.77 bits per heavy atom. The van der Waals surface area contributed by atoms with E-state index in [1.807, 2.05) is 59.3 Å². The van der Waals surface area contributed by atoms with Crippen molar-refractivity contribution in [3.63, 3.8) is 0 Å². The molecule has 0 saturated heterocycles. The molecule has 1 aromatic heterocycles. The third-order valence-corrected chi connectivity index (χ3v) is 4.91. The first-order chi connectivity index (χ1) is 14.7. The van der Waals surface area contributed by atoms with E-state index < -0.39 is 0 Å². The van der Waals surface area contributed by atoms with Gasteiger partial charge >= 0.3 is 0 Å². The quantitative estimate of drug-likeness (QED) is 0.661. The van der Waals surface area contributed by atoms with E-state index in [0.29, 0.717) is 31.6 Å². The summed E-state index contributed by atoms with van der Waals surface area (Å²) in [5.41, 5.74) is 3.51. The molecule has 0 aliphatic carbocycles. The summed E-state index contributed by atoms with van der Waals surface area (Å²) in [7, 11) is 0. The van der Waals surface area contributed by atoms with Gasteiger partial charge in [0.05, 0.1) is 12.9 Å². The number of carbonyl (C=O) groups is 2. The van der Waals surface area contributed by atoms with Gasteiger partial charge in [-0.1, -0.05) is 54.6 Å². The molecule has 7 heteroatoms. The molecule has 152 valence electrons. The molecule has 7 nitrogen and oxygen atoms in total. The zero-order valence-corrected chi connectivity index (χ0v) is 16.6. The fourth-order valence-corrected chi connectivity index (χ4v) is 3.36. The van der Waals surface area contributed by atoms with Crippen molar-refractivity contribution < 1.29 is 9.59 Å². The third kappa shape index (κ3) is 5.00. The van der Waals surface area contributed by atoms with Gasteiger partial charge in [0.15, 0.2) is 0 Å². The summed E-state index contributed by atoms with van der Waals surface area (Å²) < 4.78 is 1.99. The fourth-order valence-electron chi connectivity index (χ4n) is 3.36. The molecule has 0 unspecified atom stereocenters. The Labute approximate surface area is 175 Å². The van der Waals surface area contributed by atoms with Crippen LogP contribution in [0.5, 0.6) is 0 Å². The van der Waals surface area contributed by atoms with Crippen LogP contribution in [0.25, 0.3) is 0 Å². The molecule has 0 saturated carbocycles. The summed E-state index contributed by atoms with van der Waals surface area (Å²) in [4.78, 5) is 28.9. The molecule has 2 amide bonds. The van der Waals surface area contributed by atoms with Crippen molar-refractivity contribution in [1.82, 2.24) is 19.9 Å². The van der Waals surface area contributed by atoms with Crippen molar-refractivity contribution in [2.45, 2.75) is 32.5 Å². The summed E-state index contributed by atoms with van der Waals surface area (Å²) in [5.74, 6) is -0.303. The molecule has 3 aromatic rings. The van der Waals surface area contributed by atoms with Crippen LogP contribution in [0, 0.1) is 0 Å². The predicted molar refractivity (Wildman–Crippen MR) is 113 cm³/mol. The van der Waals surface area contributed by atoms with Crippen molar-refractivity contribution in [3.05, 3.63) is 90.0 Å². The van der Waals surface area contributed by atoms with Crippen molar-refractivity contribution in [1.29, 1.82) is 0 Å². The van der Waals surface area contributed by atoms with E-state index in [1.54, 1.807) is 12.5 Å². The molecule has 0 spiro atoms. The van der Waals surface area contributed by atoms with Gasteiger partial charge in [-0.3, -0.25) is 9.59 Å². The second-order valence-corrected chi connectivity index (χ2v) is 7.22. The Morgan fingerprint density at radius 3 is 2.57 bits per heavy atom. The van der Waals surface area contributed by atoms with E-state index in [-0.39, 0.29) is 11.8 Å². The van der Waals surface area contributed by atoms with Gasteiger partial charge in [0, 0.05) is 38.3 Å². The largest absolute Gasteiger partial charge is 0.347 e. The first-order valence-electron chi connectivity index (χ1n) is 9.91. The molecule has 2 aromatic carbocycles. The van der Waals surface area contributed by atoms with E-state index >= 15 is 0 Å². The highest BCUT2D eigenvalue weighted by atomic mass is 16.2. The Bertz CT molecular complexity index is 1040. The van der Waals surface area contributed by atoms with Crippen molar-refractivity contribution in [3.8, 4) is 0 Å². The monoisotopic (exact) mass is 401 g/mol. The maximum absolute atomic E-state index is 12.6. The Balaban J connectivity index is 1.37. The van der Waals surface area contributed by atoms with E-state index in [9.17, 15) is 9.59 Å². The summed E-state index contributed by atoms with van der Waals surface area (Å²) in [6, 6.07) is 17.7. The number of hydrazone groups is 1. The van der Waals surface area contributed by atoms with Gasteiger partial charge in [0.2, 0.25) is 5.91 Å². The Morgan fingerprint density at radius 1 is 0.967 bits per heavy atom. The van der Waals surface area contributed by atoms with Crippen LogP contribution in [0.1, 0.15) is 29.5 Å². The normalized spacial score (nSPS) is 13.8. The Kier molecular flexibility index (Phi) is 5.98. The number of nitrogens with zero attached hydrogens (tertiary/aromatic N) is 4. The minimum absolute atomic E-state index is 0.0670. The van der Waals surface area contributed by atoms with E-state index in [0.717, 1.165) is 23.2 Å². The number of carbonyl (C=O) groups excluding carboxylic acids is 2. The van der Waals surface area contributed by atoms with Crippen molar-refractivity contribution in [2.24, 2.45) is 5.10 Å². The van der Waals surface area contributed by atoms with Gasteiger partial charge in [-0.2, -0.15) is 5.10 Å². The number of benzene rings is 2. The second-order valence-electron chi connectivity index (χ2n) is 7.22. The van der Waals surface area contributed by atoms with E-state index in [4.69, 9.17) is 0 Å². The third-order valence-electron chi connectivity index (χ3n) is 4.91. The van der Waals surface area contributed by atoms with Crippen molar-refractivity contribution >= 4 is 17.5 Å². The summed E-state index contributed by atoms with van der Waals surface area (Å²) in [6.45, 7) is 1.50. The minimum atomic E-state index is -0.236. The van der Waals surface area contributed by atoms with Crippen molar-refractivity contribution in [2.75, 3.05) is 0 Å². The second kappa shape index (κ2) is 9.17. The fraction of sp³-hybridized carbons (Fsp3) is 0.217. The predicted octanol–water partition coefficient (Wildman–Crippen LogP) is 2.73. The zero-order valence-electron chi connectivity index (χ0n) is 16.6. The van der Waals surface area contributed by atoms with Gasteiger partial charge in [0.25, 0.3) is 5.91 Å². The summed E-state index contributed by atoms with van der Waals surface area (Å²) in [5, 5.41) is 8.63. The average molecular weight is 401 g/mol. The molecule has 30 heavy (non-hydrogen) atoms. The highest BCUT2D eigenvalue weighted by Gasteiger charge is 2.24. The van der Waals surface area contributed by atoms with E-state index in [1.165, 1.54) is 5.01 Å². The summed E-state index contributed by atoms with van der Waals surface area (Å²) >= 11 is 0. The van der Waals surface area contributed by atoms with Gasteiger partial charge < -0.3 is 9.88 Å². The standard InChI is InChI=1S/C23H23N5O2/c29-22-10-9-21(26-28(22)16-18-5-2-1-3-6-18)23(30)25-14-19-7-4-8-20(13-19)15-27-12-11-24-17-27/h1-8,11-13,17H,9-10,14-16H2,(H,25,30). The molecule has 1 N–H and O–H groups in total. The van der Waals surface area contributed by atoms with Crippen LogP contribution in [0.3, 0.4) is 0 Å². The number of hydrogen-bond acceptors (Lipinski definition) is 4. The SMILES string of the molecule is O=C(NCc1cccc(Cn2ccnc2)c1)C1=NN(Cc2ccccc2)C(=O)CC1. The molecule has 0 radical (unpaired) electrons. The van der Waals surface area contributed by atoms with Crippen LogP contribution >= 0.6 is 0 Å². The molecule has 0 atom stereocenters. The average Bonchev–Trinajstić information content (AvgIpc) is 3.28. The molecular formula is C23H23N5O2. The van der Waals surface area contributed by atoms with Crippen LogP contribution in [0.2, 0.25) is 0 Å². The van der Waals surface area contributed by atoms with Gasteiger partial charge in [-0.05, 0) is 16.7 Å². The number of rotatable bonds is 7. The highest BCUT2D eigenvalue weighted by Crippen LogP contribution is 2.14. The number of aromatic nitrogens is 2. The lowest BCUT2D eigenvalue weighted by molar-refractivity contribution is -0.132. The molecule has 0 bridgehead atoms. The van der Waals surface area contributed by atoms with Crippen LogP contribution in [-0.4, -0.2) is 32.1 Å². The molecule has 1 aliphatic rings. The molecular weight excluding hydrogens is 378 g/mol. The topological polar surface area (TPSA) is 79.6 Å². The molecule has 2 heterocycles. The van der Waals surface area contributed by atoms with Crippen LogP contribution in [0.15, 0.2) is 78.4 Å². The molecule has 1 aliphatic heterocycles. The molecule has 0 fully saturated rings. The van der Waals surface area contributed by atoms with E-state index in [2.05, 4.69) is 21.5 Å². The Hall–Kier alpha value is -3.74. The van der Waals surface area contributed by atoms with Crippen LogP contribution in [-0.2, 0) is 29.2 Å². The zero-order chi connectivity index (χ0) is 20.8. The number of nitrogens with one attached hydrogen (secondary N) is 1. The maximum Gasteiger partial charge on any atom is 0.267 e. The first-order valence-corrected chi connectivity index (χ1v) is 9.91. The lowest BCUT2D eigenvalue weighted by Gasteiger charge is -2.23. The lowest BCUT2D eigenvalue weighted by Crippen LogP contribution is -2.38. The number of amides is 2. The van der Waals surface area contributed by atoms with Gasteiger partial charge in [-0.25, -0.2) is 9.99 Å². The number of hydrogen-bond donors (Lipinski definition) is 1. The maximum atomic E-state index is 12.6. The number of imidazole rings is 1. The minimum Gasteiger partial charge on any atom is -0.347 e. The highest BCUT2D eigenvalue weighted by molar-refractivity contribution is 6.39. The lowest BCUT2D eigenvalue weighted by atomic mass is 10.1. The summed E-state index contributed by atoms with van der Waals surface area (Å²) in [6.07, 6.45) is 6.09. The van der Waals surface area contributed by atoms with Gasteiger partial charge in [0.1, 0.15) is 5.71 Å². The van der Waals surface area contributed by atoms with Gasteiger partial charge in [-0.15, -0.1) is 0 Å².